The Bertz CT molecular complexity index is 664. The minimum atomic E-state index is -3.14. The first-order valence-corrected chi connectivity index (χ1v) is 9.64. The van der Waals surface area contributed by atoms with Gasteiger partial charge in [0.2, 0.25) is 0 Å². The van der Waals surface area contributed by atoms with Gasteiger partial charge < -0.3 is 5.32 Å². The summed E-state index contributed by atoms with van der Waals surface area (Å²) in [6, 6.07) is 7.40. The summed E-state index contributed by atoms with van der Waals surface area (Å²) in [5, 5.41) is 6.60. The summed E-state index contributed by atoms with van der Waals surface area (Å²) in [4.78, 5) is 4.71. The van der Waals surface area contributed by atoms with E-state index in [1.807, 2.05) is 23.7 Å². The molecule has 1 N–H and O–H groups in total. The van der Waals surface area contributed by atoms with E-state index in [9.17, 15) is 8.42 Å². The van der Waals surface area contributed by atoms with Crippen LogP contribution in [0.5, 0.6) is 0 Å². The van der Waals surface area contributed by atoms with E-state index < -0.39 is 9.84 Å². The molecule has 2 aromatic rings. The van der Waals surface area contributed by atoms with Crippen LogP contribution in [-0.2, 0) is 9.84 Å². The zero-order chi connectivity index (χ0) is 15.5. The molecule has 0 saturated heterocycles. The van der Waals surface area contributed by atoms with Crippen LogP contribution < -0.4 is 5.32 Å². The maximum Gasteiger partial charge on any atom is 0.175 e. The maximum atomic E-state index is 11.5. The Morgan fingerprint density at radius 3 is 2.43 bits per heavy atom. The minimum Gasteiger partial charge on any atom is -0.301 e. The van der Waals surface area contributed by atoms with Crippen LogP contribution in [0.3, 0.4) is 0 Å². The van der Waals surface area contributed by atoms with Gasteiger partial charge in [0.05, 0.1) is 10.9 Å². The predicted molar refractivity (Wildman–Crippen MR) is 86.2 cm³/mol. The monoisotopic (exact) mass is 324 g/mol. The van der Waals surface area contributed by atoms with Gasteiger partial charge in [0, 0.05) is 23.9 Å². The van der Waals surface area contributed by atoms with Gasteiger partial charge in [-0.3, -0.25) is 0 Å². The van der Waals surface area contributed by atoms with Crippen molar-refractivity contribution in [3.63, 3.8) is 0 Å². The Labute approximate surface area is 130 Å². The largest absolute Gasteiger partial charge is 0.301 e. The molecule has 0 aliphatic carbocycles. The van der Waals surface area contributed by atoms with Crippen LogP contribution in [-0.4, -0.2) is 19.7 Å². The average Bonchev–Trinajstić information content (AvgIpc) is 2.97. The van der Waals surface area contributed by atoms with Crippen LogP contribution in [0.4, 0.5) is 0 Å². The van der Waals surface area contributed by atoms with Crippen LogP contribution in [0.1, 0.15) is 42.9 Å². The first kappa shape index (κ1) is 16.1. The summed E-state index contributed by atoms with van der Waals surface area (Å²) >= 11 is 1.65. The first-order valence-electron chi connectivity index (χ1n) is 6.87. The molecule has 1 aromatic heterocycles. The fourth-order valence-corrected chi connectivity index (χ4v) is 3.58. The number of benzene rings is 1. The van der Waals surface area contributed by atoms with E-state index in [1.54, 1.807) is 23.5 Å². The highest BCUT2D eigenvalue weighted by atomic mass is 32.2. The fraction of sp³-hybridized carbons (Fsp3) is 0.400. The second-order valence-electron chi connectivity index (χ2n) is 5.06. The molecule has 0 aliphatic heterocycles. The topological polar surface area (TPSA) is 59.1 Å². The molecule has 21 heavy (non-hydrogen) atoms. The van der Waals surface area contributed by atoms with Crippen LogP contribution in [0, 0.1) is 0 Å². The standard InChI is InChI=1S/C15H20N2O2S2/c1-4-14(15-16-9-10-20-15)17-11(2)12-5-7-13(8-6-12)21(3,18)19/h5-11,14,17H,4H2,1-3H3. The Morgan fingerprint density at radius 1 is 1.29 bits per heavy atom. The van der Waals surface area contributed by atoms with Gasteiger partial charge >= 0.3 is 0 Å². The minimum absolute atomic E-state index is 0.132. The Kier molecular flexibility index (Phi) is 5.13. The van der Waals surface area contributed by atoms with E-state index in [4.69, 9.17) is 0 Å². The van der Waals surface area contributed by atoms with Gasteiger partial charge in [-0.1, -0.05) is 19.1 Å². The summed E-state index contributed by atoms with van der Waals surface area (Å²) in [7, 11) is -3.14. The number of rotatable bonds is 6. The summed E-state index contributed by atoms with van der Waals surface area (Å²) in [6.07, 6.45) is 3.99. The van der Waals surface area contributed by atoms with Gasteiger partial charge in [-0.15, -0.1) is 11.3 Å². The van der Waals surface area contributed by atoms with Gasteiger partial charge in [0.25, 0.3) is 0 Å². The first-order chi connectivity index (χ1) is 9.91. The quantitative estimate of drug-likeness (QED) is 0.885. The number of hydrogen-bond acceptors (Lipinski definition) is 5. The fourth-order valence-electron chi connectivity index (χ4n) is 2.17. The van der Waals surface area contributed by atoms with E-state index in [2.05, 4.69) is 24.1 Å². The number of aromatic nitrogens is 1. The molecule has 1 heterocycles. The molecule has 0 amide bonds. The van der Waals surface area contributed by atoms with Gasteiger partial charge in [-0.25, -0.2) is 13.4 Å². The number of nitrogens with one attached hydrogen (secondary N) is 1. The smallest absolute Gasteiger partial charge is 0.175 e. The van der Waals surface area contributed by atoms with Gasteiger partial charge in [-0.05, 0) is 31.0 Å². The van der Waals surface area contributed by atoms with E-state index in [0.29, 0.717) is 4.90 Å². The van der Waals surface area contributed by atoms with Crippen molar-refractivity contribution >= 4 is 21.2 Å². The van der Waals surface area contributed by atoms with Crippen molar-refractivity contribution in [3.8, 4) is 0 Å². The average molecular weight is 324 g/mol. The Balaban J connectivity index is 2.11. The highest BCUT2D eigenvalue weighted by Crippen LogP contribution is 2.24. The molecule has 0 spiro atoms. The van der Waals surface area contributed by atoms with Crippen LogP contribution in [0.25, 0.3) is 0 Å². The molecular formula is C15H20N2O2S2. The third-order valence-corrected chi connectivity index (χ3v) is 5.43. The molecule has 4 nitrogen and oxygen atoms in total. The predicted octanol–water partition coefficient (Wildman–Crippen LogP) is 3.35. The number of hydrogen-bond donors (Lipinski definition) is 1. The highest BCUT2D eigenvalue weighted by Gasteiger charge is 2.16. The molecule has 2 unspecified atom stereocenters. The summed E-state index contributed by atoms with van der Waals surface area (Å²) < 4.78 is 22.9. The second kappa shape index (κ2) is 6.68. The van der Waals surface area contributed by atoms with Crippen LogP contribution >= 0.6 is 11.3 Å². The summed E-state index contributed by atoms with van der Waals surface area (Å²) in [5.41, 5.74) is 1.07. The Morgan fingerprint density at radius 2 is 1.95 bits per heavy atom. The van der Waals surface area contributed by atoms with Crippen molar-refractivity contribution in [2.24, 2.45) is 0 Å². The molecule has 0 aliphatic rings. The summed E-state index contributed by atoms with van der Waals surface area (Å²) in [6.45, 7) is 4.20. The van der Waals surface area contributed by atoms with Crippen molar-refractivity contribution in [2.45, 2.75) is 37.2 Å². The van der Waals surface area contributed by atoms with Crippen LogP contribution in [0.15, 0.2) is 40.7 Å². The molecule has 0 saturated carbocycles. The van der Waals surface area contributed by atoms with Gasteiger partial charge in [-0.2, -0.15) is 0 Å². The normalized spacial score (nSPS) is 14.8. The molecule has 6 heteroatoms. The van der Waals surface area contributed by atoms with Crippen molar-refractivity contribution in [1.29, 1.82) is 0 Å². The lowest BCUT2D eigenvalue weighted by atomic mass is 10.1. The van der Waals surface area contributed by atoms with Crippen molar-refractivity contribution in [1.82, 2.24) is 10.3 Å². The third kappa shape index (κ3) is 4.12. The lowest BCUT2D eigenvalue weighted by Crippen LogP contribution is -2.24. The summed E-state index contributed by atoms with van der Waals surface area (Å²) in [5.74, 6) is 0. The molecule has 2 atom stereocenters. The van der Waals surface area contributed by atoms with E-state index in [-0.39, 0.29) is 12.1 Å². The molecule has 2 rings (SSSR count). The van der Waals surface area contributed by atoms with Crippen LogP contribution in [0.2, 0.25) is 0 Å². The zero-order valence-corrected chi connectivity index (χ0v) is 14.0. The molecule has 0 radical (unpaired) electrons. The molecular weight excluding hydrogens is 304 g/mol. The highest BCUT2D eigenvalue weighted by molar-refractivity contribution is 7.90. The lowest BCUT2D eigenvalue weighted by Gasteiger charge is -2.21. The van der Waals surface area contributed by atoms with Gasteiger partial charge in [0.1, 0.15) is 5.01 Å². The number of nitrogens with zero attached hydrogens (tertiary/aromatic N) is 1. The molecule has 0 fully saturated rings. The lowest BCUT2D eigenvalue weighted by molar-refractivity contribution is 0.455. The van der Waals surface area contributed by atoms with Gasteiger partial charge in [0.15, 0.2) is 9.84 Å². The number of thiazole rings is 1. The van der Waals surface area contributed by atoms with Crippen molar-refractivity contribution < 1.29 is 8.42 Å². The number of sulfone groups is 1. The Hall–Kier alpha value is -1.24. The second-order valence-corrected chi connectivity index (χ2v) is 8.00. The third-order valence-electron chi connectivity index (χ3n) is 3.42. The maximum absolute atomic E-state index is 11.5. The molecule has 114 valence electrons. The van der Waals surface area contributed by atoms with E-state index in [0.717, 1.165) is 17.0 Å². The molecule has 1 aromatic carbocycles. The zero-order valence-electron chi connectivity index (χ0n) is 12.4. The van der Waals surface area contributed by atoms with E-state index in [1.165, 1.54) is 6.26 Å². The van der Waals surface area contributed by atoms with Crippen molar-refractivity contribution in [3.05, 3.63) is 46.4 Å². The van der Waals surface area contributed by atoms with E-state index >= 15 is 0 Å². The SMILES string of the molecule is CCC(NC(C)c1ccc(S(C)(=O)=O)cc1)c1nccs1. The molecule has 0 bridgehead atoms. The van der Waals surface area contributed by atoms with Crippen molar-refractivity contribution in [2.75, 3.05) is 6.26 Å².